The Morgan fingerprint density at radius 1 is 1.38 bits per heavy atom. The molecule has 1 aliphatic heterocycles. The van der Waals surface area contributed by atoms with Crippen LogP contribution in [-0.4, -0.2) is 57.9 Å². The highest BCUT2D eigenvalue weighted by Gasteiger charge is 2.25. The summed E-state index contributed by atoms with van der Waals surface area (Å²) in [6, 6.07) is 3.43. The molecule has 2 atom stereocenters. The van der Waals surface area contributed by atoms with Crippen molar-refractivity contribution in [2.24, 2.45) is 0 Å². The zero-order valence-electron chi connectivity index (χ0n) is 18.4. The molecule has 2 aromatic rings. The van der Waals surface area contributed by atoms with Crippen LogP contribution in [0.15, 0.2) is 24.4 Å². The van der Waals surface area contributed by atoms with Crippen LogP contribution >= 0.6 is 11.6 Å². The number of benzene rings is 1. The fraction of sp³-hybridized carbons (Fsp3) is 0.500. The van der Waals surface area contributed by atoms with E-state index in [1.807, 2.05) is 20.8 Å². The van der Waals surface area contributed by atoms with E-state index in [9.17, 15) is 14.3 Å². The van der Waals surface area contributed by atoms with E-state index in [0.717, 1.165) is 11.3 Å². The number of amides is 2. The highest BCUT2D eigenvalue weighted by Crippen LogP contribution is 2.23. The first-order valence-electron chi connectivity index (χ1n) is 10.6. The number of carbonyl (C=O) groups is 1. The van der Waals surface area contributed by atoms with E-state index in [2.05, 4.69) is 20.6 Å². The van der Waals surface area contributed by atoms with Gasteiger partial charge in [-0.2, -0.15) is 0 Å². The first-order chi connectivity index (χ1) is 15.3. The van der Waals surface area contributed by atoms with Crippen molar-refractivity contribution >= 4 is 23.6 Å². The number of carbonyl (C=O) groups excluding carboxylic acids is 1. The summed E-state index contributed by atoms with van der Waals surface area (Å²) in [6.45, 7) is 6.66. The van der Waals surface area contributed by atoms with Crippen molar-refractivity contribution in [3.05, 3.63) is 52.1 Å². The van der Waals surface area contributed by atoms with Gasteiger partial charge in [0.2, 0.25) is 5.95 Å². The van der Waals surface area contributed by atoms with E-state index in [1.165, 1.54) is 12.1 Å². The molecule has 1 aliphatic rings. The van der Waals surface area contributed by atoms with Crippen molar-refractivity contribution in [3.8, 4) is 0 Å². The Kier molecular flexibility index (Phi) is 8.22. The molecule has 0 fully saturated rings. The van der Waals surface area contributed by atoms with Gasteiger partial charge in [0, 0.05) is 18.8 Å². The fourth-order valence-corrected chi connectivity index (χ4v) is 3.48. The molecule has 10 heteroatoms. The van der Waals surface area contributed by atoms with Crippen LogP contribution in [0.2, 0.25) is 5.02 Å². The Bertz CT molecular complexity index is 946. The van der Waals surface area contributed by atoms with Crippen LogP contribution in [-0.2, 0) is 17.7 Å². The SMILES string of the molecule is CC(C)OC[C@@H](NC(=O)N1CCc2cnc(N[C@@H](C)CO)nc2C1)c1ccc(F)c(Cl)c1. The van der Waals surface area contributed by atoms with Gasteiger partial charge in [0.15, 0.2) is 0 Å². The van der Waals surface area contributed by atoms with E-state index in [4.69, 9.17) is 16.3 Å². The number of urea groups is 1. The zero-order chi connectivity index (χ0) is 23.3. The van der Waals surface area contributed by atoms with E-state index in [0.29, 0.717) is 31.0 Å². The van der Waals surface area contributed by atoms with E-state index in [-0.39, 0.29) is 36.4 Å². The third kappa shape index (κ3) is 6.27. The maximum Gasteiger partial charge on any atom is 0.318 e. The van der Waals surface area contributed by atoms with Gasteiger partial charge in [-0.25, -0.2) is 19.2 Å². The largest absolute Gasteiger partial charge is 0.394 e. The third-order valence-corrected chi connectivity index (χ3v) is 5.41. The molecule has 0 spiro atoms. The number of fused-ring (bicyclic) bond motifs is 1. The number of hydrogen-bond donors (Lipinski definition) is 3. The maximum absolute atomic E-state index is 13.6. The summed E-state index contributed by atoms with van der Waals surface area (Å²) in [5.74, 6) is -0.103. The highest BCUT2D eigenvalue weighted by molar-refractivity contribution is 6.30. The number of aliphatic hydroxyl groups excluding tert-OH is 1. The Morgan fingerprint density at radius 3 is 2.84 bits per heavy atom. The molecule has 2 amide bonds. The molecular weight excluding hydrogens is 437 g/mol. The second kappa shape index (κ2) is 10.9. The number of nitrogens with one attached hydrogen (secondary N) is 2. The minimum atomic E-state index is -0.516. The van der Waals surface area contributed by atoms with Crippen LogP contribution in [0, 0.1) is 5.82 Å². The summed E-state index contributed by atoms with van der Waals surface area (Å²) in [6.07, 6.45) is 2.36. The lowest BCUT2D eigenvalue weighted by atomic mass is 10.1. The van der Waals surface area contributed by atoms with Gasteiger partial charge in [0.25, 0.3) is 0 Å². The molecule has 2 heterocycles. The molecule has 0 bridgehead atoms. The van der Waals surface area contributed by atoms with Crippen molar-refractivity contribution in [2.75, 3.05) is 25.1 Å². The summed E-state index contributed by atoms with van der Waals surface area (Å²) in [7, 11) is 0. The monoisotopic (exact) mass is 465 g/mol. The molecule has 0 radical (unpaired) electrons. The molecule has 0 saturated heterocycles. The lowest BCUT2D eigenvalue weighted by Crippen LogP contribution is -2.45. The normalized spacial score (nSPS) is 15.3. The average molecular weight is 466 g/mol. The van der Waals surface area contributed by atoms with Crippen LogP contribution in [0.4, 0.5) is 15.1 Å². The fourth-order valence-electron chi connectivity index (χ4n) is 3.29. The minimum Gasteiger partial charge on any atom is -0.394 e. The van der Waals surface area contributed by atoms with Gasteiger partial charge in [-0.3, -0.25) is 0 Å². The van der Waals surface area contributed by atoms with Crippen LogP contribution in [0.5, 0.6) is 0 Å². The van der Waals surface area contributed by atoms with Crippen LogP contribution in [0.25, 0.3) is 0 Å². The first-order valence-corrected chi connectivity index (χ1v) is 11.0. The Hall–Kier alpha value is -2.49. The second-order valence-corrected chi connectivity index (χ2v) is 8.53. The number of hydrogen-bond acceptors (Lipinski definition) is 6. The lowest BCUT2D eigenvalue weighted by Gasteiger charge is -2.30. The van der Waals surface area contributed by atoms with Crippen molar-refractivity contribution in [3.63, 3.8) is 0 Å². The van der Waals surface area contributed by atoms with E-state index < -0.39 is 11.9 Å². The van der Waals surface area contributed by atoms with Gasteiger partial charge in [0.1, 0.15) is 5.82 Å². The minimum absolute atomic E-state index is 0.00738. The summed E-state index contributed by atoms with van der Waals surface area (Å²) in [4.78, 5) is 23.5. The molecule has 174 valence electrons. The molecule has 1 aromatic heterocycles. The quantitative estimate of drug-likeness (QED) is 0.553. The number of rotatable bonds is 8. The second-order valence-electron chi connectivity index (χ2n) is 8.12. The number of aromatic nitrogens is 2. The van der Waals surface area contributed by atoms with Crippen molar-refractivity contribution < 1.29 is 19.0 Å². The predicted molar refractivity (Wildman–Crippen MR) is 120 cm³/mol. The molecule has 32 heavy (non-hydrogen) atoms. The Labute approximate surface area is 192 Å². The lowest BCUT2D eigenvalue weighted by molar-refractivity contribution is 0.0611. The Morgan fingerprint density at radius 2 is 2.16 bits per heavy atom. The first kappa shape index (κ1) is 24.2. The van der Waals surface area contributed by atoms with Gasteiger partial charge in [-0.1, -0.05) is 17.7 Å². The molecular formula is C22H29ClFN5O3. The number of ether oxygens (including phenoxy) is 1. The molecule has 3 rings (SSSR count). The number of nitrogens with zero attached hydrogens (tertiary/aromatic N) is 3. The summed E-state index contributed by atoms with van der Waals surface area (Å²) >= 11 is 5.95. The predicted octanol–water partition coefficient (Wildman–Crippen LogP) is 3.30. The average Bonchev–Trinajstić information content (AvgIpc) is 2.77. The molecule has 0 saturated carbocycles. The maximum atomic E-state index is 13.6. The van der Waals surface area contributed by atoms with Gasteiger partial charge < -0.3 is 25.4 Å². The van der Waals surface area contributed by atoms with Crippen molar-refractivity contribution in [1.82, 2.24) is 20.2 Å². The summed E-state index contributed by atoms with van der Waals surface area (Å²) in [5, 5.41) is 15.2. The smallest absolute Gasteiger partial charge is 0.318 e. The zero-order valence-corrected chi connectivity index (χ0v) is 19.2. The molecule has 8 nitrogen and oxygen atoms in total. The van der Waals surface area contributed by atoms with Gasteiger partial charge >= 0.3 is 6.03 Å². The topological polar surface area (TPSA) is 99.6 Å². The molecule has 1 aromatic carbocycles. The van der Waals surface area contributed by atoms with Gasteiger partial charge in [-0.05, 0) is 50.5 Å². The van der Waals surface area contributed by atoms with Crippen LogP contribution in [0.1, 0.15) is 43.6 Å². The molecule has 3 N–H and O–H groups in total. The highest BCUT2D eigenvalue weighted by atomic mass is 35.5. The number of halogens is 2. The van der Waals surface area contributed by atoms with E-state index in [1.54, 1.807) is 17.2 Å². The van der Waals surface area contributed by atoms with Gasteiger partial charge in [0.05, 0.1) is 42.6 Å². The van der Waals surface area contributed by atoms with Crippen molar-refractivity contribution in [1.29, 1.82) is 0 Å². The van der Waals surface area contributed by atoms with Crippen LogP contribution in [0.3, 0.4) is 0 Å². The number of aliphatic hydroxyl groups is 1. The van der Waals surface area contributed by atoms with Crippen LogP contribution < -0.4 is 10.6 Å². The summed E-state index contributed by atoms with van der Waals surface area (Å²) < 4.78 is 19.3. The number of anilines is 1. The van der Waals surface area contributed by atoms with Crippen molar-refractivity contribution in [2.45, 2.75) is 51.9 Å². The Balaban J connectivity index is 1.72. The molecule has 0 unspecified atom stereocenters. The van der Waals surface area contributed by atoms with Gasteiger partial charge in [-0.15, -0.1) is 0 Å². The third-order valence-electron chi connectivity index (χ3n) is 5.12. The standard InChI is InChI=1S/C22H29ClFN5O3/c1-13(2)32-12-20(15-4-5-18(24)17(23)8-15)28-22(31)29-7-6-16-9-25-21(26-14(3)11-30)27-19(16)10-29/h4-5,8-9,13-14,20,30H,6-7,10-12H2,1-3H3,(H,28,31)(H,25,26,27)/t14-,20+/m0/s1. The summed E-state index contributed by atoms with van der Waals surface area (Å²) in [5.41, 5.74) is 2.41. The molecule has 0 aliphatic carbocycles. The van der Waals surface area contributed by atoms with E-state index >= 15 is 0 Å².